The van der Waals surface area contributed by atoms with E-state index in [1.807, 2.05) is 35.7 Å². The molecule has 3 rings (SSSR count). The number of thiazole rings is 1. The zero-order valence-electron chi connectivity index (χ0n) is 14.8. The molecule has 6 nitrogen and oxygen atoms in total. The number of phenols is 1. The molecule has 1 atom stereocenters. The van der Waals surface area contributed by atoms with Gasteiger partial charge in [-0.1, -0.05) is 36.4 Å². The lowest BCUT2D eigenvalue weighted by molar-refractivity contribution is -0.123. The number of ether oxygens (including phenoxy) is 1. The average molecular weight is 382 g/mol. The van der Waals surface area contributed by atoms with E-state index < -0.39 is 18.0 Å². The van der Waals surface area contributed by atoms with Crippen LogP contribution in [0, 0.1) is 6.92 Å². The van der Waals surface area contributed by atoms with Crippen molar-refractivity contribution >= 4 is 28.3 Å². The third-order valence-corrected chi connectivity index (χ3v) is 4.59. The highest BCUT2D eigenvalue weighted by molar-refractivity contribution is 7.14. The van der Waals surface area contributed by atoms with Crippen LogP contribution >= 0.6 is 11.3 Å². The first-order valence-electron chi connectivity index (χ1n) is 8.26. The van der Waals surface area contributed by atoms with Gasteiger partial charge < -0.3 is 9.84 Å². The molecule has 0 aliphatic carbocycles. The van der Waals surface area contributed by atoms with Crippen molar-refractivity contribution in [3.8, 4) is 17.0 Å². The molecule has 0 fully saturated rings. The van der Waals surface area contributed by atoms with Crippen molar-refractivity contribution in [3.05, 3.63) is 65.0 Å². The number of amides is 1. The minimum absolute atomic E-state index is 0.0147. The Labute approximate surface area is 160 Å². The number of aryl methyl sites for hydroxylation is 1. The van der Waals surface area contributed by atoms with Gasteiger partial charge in [-0.05, 0) is 31.5 Å². The second kappa shape index (κ2) is 8.01. The van der Waals surface area contributed by atoms with E-state index in [-0.39, 0.29) is 11.3 Å². The fourth-order valence-corrected chi connectivity index (χ4v) is 3.09. The largest absolute Gasteiger partial charge is 0.507 e. The quantitative estimate of drug-likeness (QED) is 0.651. The molecule has 0 bridgehead atoms. The molecule has 1 heterocycles. The number of rotatable bonds is 5. The molecule has 0 aliphatic rings. The number of anilines is 1. The highest BCUT2D eigenvalue weighted by Gasteiger charge is 2.22. The molecule has 0 spiro atoms. The molecule has 138 valence electrons. The number of aromatic nitrogens is 1. The number of hydrogen-bond donors (Lipinski definition) is 2. The fourth-order valence-electron chi connectivity index (χ4n) is 2.37. The first-order chi connectivity index (χ1) is 12.9. The van der Waals surface area contributed by atoms with Crippen molar-refractivity contribution in [1.82, 2.24) is 4.98 Å². The van der Waals surface area contributed by atoms with Crippen LogP contribution in [0.4, 0.5) is 5.13 Å². The topological polar surface area (TPSA) is 88.5 Å². The van der Waals surface area contributed by atoms with E-state index >= 15 is 0 Å². The van der Waals surface area contributed by atoms with Crippen molar-refractivity contribution in [3.63, 3.8) is 0 Å². The molecule has 3 aromatic rings. The second-order valence-electron chi connectivity index (χ2n) is 5.96. The lowest BCUT2D eigenvalue weighted by Gasteiger charge is -2.13. The molecule has 0 saturated heterocycles. The van der Waals surface area contributed by atoms with Gasteiger partial charge in [0.05, 0.1) is 5.69 Å². The molecular formula is C20H18N2O4S. The first kappa shape index (κ1) is 18.6. The summed E-state index contributed by atoms with van der Waals surface area (Å²) >= 11 is 1.29. The predicted molar refractivity (Wildman–Crippen MR) is 104 cm³/mol. The number of carbonyl (C=O) groups is 2. The van der Waals surface area contributed by atoms with E-state index in [9.17, 15) is 14.7 Å². The van der Waals surface area contributed by atoms with Gasteiger partial charge in [-0.25, -0.2) is 9.78 Å². The summed E-state index contributed by atoms with van der Waals surface area (Å²) in [5.74, 6) is -1.44. The average Bonchev–Trinajstić information content (AvgIpc) is 3.10. The zero-order chi connectivity index (χ0) is 19.4. The van der Waals surface area contributed by atoms with Crippen LogP contribution < -0.4 is 5.32 Å². The molecule has 0 aliphatic heterocycles. The van der Waals surface area contributed by atoms with E-state index in [2.05, 4.69) is 10.3 Å². The second-order valence-corrected chi connectivity index (χ2v) is 6.82. The number of carbonyl (C=O) groups excluding carboxylic acids is 2. The number of nitrogens with zero attached hydrogens (tertiary/aromatic N) is 1. The summed E-state index contributed by atoms with van der Waals surface area (Å²) in [6.07, 6.45) is -1.04. The molecular weight excluding hydrogens is 364 g/mol. The molecule has 0 radical (unpaired) electrons. The lowest BCUT2D eigenvalue weighted by atomic mass is 10.1. The Bertz CT molecular complexity index is 969. The van der Waals surface area contributed by atoms with E-state index in [4.69, 9.17) is 4.74 Å². The van der Waals surface area contributed by atoms with E-state index in [0.717, 1.165) is 16.8 Å². The summed E-state index contributed by atoms with van der Waals surface area (Å²) in [7, 11) is 0. The van der Waals surface area contributed by atoms with Gasteiger partial charge in [0.2, 0.25) is 0 Å². The third kappa shape index (κ3) is 4.51. The van der Waals surface area contributed by atoms with Crippen LogP contribution in [-0.2, 0) is 9.53 Å². The van der Waals surface area contributed by atoms with Crippen molar-refractivity contribution in [1.29, 1.82) is 0 Å². The highest BCUT2D eigenvalue weighted by Crippen LogP contribution is 2.25. The SMILES string of the molecule is Cc1ccc(C(=O)O[C@@H](C)C(=O)Nc2nc(-c3ccccc3)cs2)c(O)c1. The minimum atomic E-state index is -1.04. The maximum absolute atomic E-state index is 12.3. The Morgan fingerprint density at radius 3 is 2.63 bits per heavy atom. The van der Waals surface area contributed by atoms with Crippen molar-refractivity contribution in [2.24, 2.45) is 0 Å². The first-order valence-corrected chi connectivity index (χ1v) is 9.14. The normalized spacial score (nSPS) is 11.6. The van der Waals surface area contributed by atoms with Crippen LogP contribution in [0.25, 0.3) is 11.3 Å². The standard InChI is InChI=1S/C20H18N2O4S/c1-12-8-9-15(17(23)10-12)19(25)26-13(2)18(24)22-20-21-16(11-27-20)14-6-4-3-5-7-14/h3-11,13,23H,1-2H3,(H,21,22,24)/t13-/m0/s1. The van der Waals surface area contributed by atoms with Gasteiger partial charge in [0.15, 0.2) is 11.2 Å². The summed E-state index contributed by atoms with van der Waals surface area (Å²) in [6, 6.07) is 14.2. The van der Waals surface area contributed by atoms with E-state index in [1.54, 1.807) is 13.0 Å². The van der Waals surface area contributed by atoms with Crippen LogP contribution in [0.3, 0.4) is 0 Å². The molecule has 1 aromatic heterocycles. The maximum atomic E-state index is 12.3. The molecule has 1 amide bonds. The minimum Gasteiger partial charge on any atom is -0.507 e. The smallest absolute Gasteiger partial charge is 0.342 e. The van der Waals surface area contributed by atoms with Crippen LogP contribution in [0.15, 0.2) is 53.9 Å². The van der Waals surface area contributed by atoms with Crippen LogP contribution in [0.5, 0.6) is 5.75 Å². The molecule has 27 heavy (non-hydrogen) atoms. The lowest BCUT2D eigenvalue weighted by Crippen LogP contribution is -2.30. The molecule has 7 heteroatoms. The van der Waals surface area contributed by atoms with E-state index in [0.29, 0.717) is 5.13 Å². The Hall–Kier alpha value is -3.19. The van der Waals surface area contributed by atoms with E-state index in [1.165, 1.54) is 30.4 Å². The van der Waals surface area contributed by atoms with Crippen molar-refractivity contribution in [2.45, 2.75) is 20.0 Å². The Morgan fingerprint density at radius 1 is 1.19 bits per heavy atom. The van der Waals surface area contributed by atoms with Crippen molar-refractivity contribution < 1.29 is 19.4 Å². The van der Waals surface area contributed by atoms with Gasteiger partial charge in [0, 0.05) is 10.9 Å². The number of benzene rings is 2. The Kier molecular flexibility index (Phi) is 5.52. The van der Waals surface area contributed by atoms with Crippen LogP contribution in [0.2, 0.25) is 0 Å². The zero-order valence-corrected chi connectivity index (χ0v) is 15.6. The predicted octanol–water partition coefficient (Wildman–Crippen LogP) is 4.01. The van der Waals surface area contributed by atoms with Crippen LogP contribution in [0.1, 0.15) is 22.8 Å². The number of esters is 1. The monoisotopic (exact) mass is 382 g/mol. The number of hydrogen-bond acceptors (Lipinski definition) is 6. The third-order valence-electron chi connectivity index (χ3n) is 3.83. The van der Waals surface area contributed by atoms with Crippen LogP contribution in [-0.4, -0.2) is 28.1 Å². The molecule has 2 aromatic carbocycles. The fraction of sp³-hybridized carbons (Fsp3) is 0.150. The van der Waals surface area contributed by atoms with Crippen molar-refractivity contribution in [2.75, 3.05) is 5.32 Å². The molecule has 0 saturated carbocycles. The van der Waals surface area contributed by atoms with Gasteiger partial charge in [-0.15, -0.1) is 11.3 Å². The highest BCUT2D eigenvalue weighted by atomic mass is 32.1. The Morgan fingerprint density at radius 2 is 1.93 bits per heavy atom. The Balaban J connectivity index is 1.62. The summed E-state index contributed by atoms with van der Waals surface area (Å²) in [6.45, 7) is 3.26. The van der Waals surface area contributed by atoms with Gasteiger partial charge in [0.1, 0.15) is 11.3 Å². The summed E-state index contributed by atoms with van der Waals surface area (Å²) < 4.78 is 5.15. The van der Waals surface area contributed by atoms with Gasteiger partial charge in [0.25, 0.3) is 5.91 Å². The van der Waals surface area contributed by atoms with Gasteiger partial charge in [-0.3, -0.25) is 10.1 Å². The number of phenolic OH excluding ortho intramolecular Hbond substituents is 1. The summed E-state index contributed by atoms with van der Waals surface area (Å²) in [5.41, 5.74) is 2.53. The maximum Gasteiger partial charge on any atom is 0.342 e. The van der Waals surface area contributed by atoms with Gasteiger partial charge in [-0.2, -0.15) is 0 Å². The summed E-state index contributed by atoms with van der Waals surface area (Å²) in [4.78, 5) is 28.8. The number of nitrogens with one attached hydrogen (secondary N) is 1. The molecule has 2 N–H and O–H groups in total. The summed E-state index contributed by atoms with van der Waals surface area (Å²) in [5, 5.41) is 14.7. The number of aromatic hydroxyl groups is 1. The molecule has 0 unspecified atom stereocenters. The van der Waals surface area contributed by atoms with Gasteiger partial charge >= 0.3 is 5.97 Å².